The number of halogens is 3. The third-order valence-corrected chi connectivity index (χ3v) is 12.4. The predicted molar refractivity (Wildman–Crippen MR) is 197 cm³/mol. The van der Waals surface area contributed by atoms with Crippen LogP contribution in [-0.4, -0.2) is 23.1 Å². The molecule has 264 valence electrons. The molecule has 0 fully saturated rings. The molecule has 0 saturated carbocycles. The van der Waals surface area contributed by atoms with E-state index < -0.39 is 46.1 Å². The number of hydrogen-bond donors (Lipinski definition) is 0. The summed E-state index contributed by atoms with van der Waals surface area (Å²) in [7, 11) is 0. The standard InChI is InChI=1S/C42H27F3O6S2/c1-18-6-8-22-24(10-18)34(46)36(48)26(22)12-20-14-30-38(52-20)28-16-33-29(17-32(28)50-40(30,2)3)39-31(41(4,5)51-33)15-21(53-39)13-27-23-9-7-19(42(43,44)45)11-25(23)35(47)37(27)49/h6-17H,1-5H3/b26-12-,27-13-. The Labute approximate surface area is 309 Å². The van der Waals surface area contributed by atoms with E-state index >= 15 is 0 Å². The fourth-order valence-electron chi connectivity index (χ4n) is 7.53. The number of alkyl halides is 3. The van der Waals surface area contributed by atoms with Gasteiger partial charge in [-0.15, -0.1) is 22.7 Å². The quantitative estimate of drug-likeness (QED) is 0.132. The normalized spacial score (nSPS) is 19.0. The SMILES string of the molecule is Cc1ccc2c(c1)C(=O)C(=O)/C2=C\c1cc2c(s1)-c1cc3c(cc1OC2(C)C)-c1sc(/C=C2\C(=O)C(=O)c4cc(C(F)(F)F)ccc42)cc1C(C)(C)O3. The van der Waals surface area contributed by atoms with Crippen molar-refractivity contribution in [3.05, 3.63) is 115 Å². The molecular weight excluding hydrogens is 722 g/mol. The van der Waals surface area contributed by atoms with Crippen LogP contribution in [0.25, 0.3) is 44.2 Å². The monoisotopic (exact) mass is 748 g/mol. The highest BCUT2D eigenvalue weighted by atomic mass is 32.1. The maximum absolute atomic E-state index is 13.4. The summed E-state index contributed by atoms with van der Waals surface area (Å²) >= 11 is 2.89. The van der Waals surface area contributed by atoms with Crippen LogP contribution in [0.1, 0.15) is 91.5 Å². The molecule has 0 bridgehead atoms. The Morgan fingerprint density at radius 2 is 1.02 bits per heavy atom. The second-order valence-corrected chi connectivity index (χ2v) is 16.8. The van der Waals surface area contributed by atoms with Crippen LogP contribution in [0.15, 0.2) is 60.7 Å². The molecule has 53 heavy (non-hydrogen) atoms. The molecule has 9 rings (SSSR count). The van der Waals surface area contributed by atoms with Gasteiger partial charge >= 0.3 is 6.18 Å². The summed E-state index contributed by atoms with van der Waals surface area (Å²) in [5.74, 6) is -1.60. The molecule has 2 aliphatic carbocycles. The van der Waals surface area contributed by atoms with Crippen molar-refractivity contribution in [1.82, 2.24) is 0 Å². The highest BCUT2D eigenvalue weighted by Gasteiger charge is 2.42. The molecule has 0 unspecified atom stereocenters. The number of ether oxygens (including phenoxy) is 2. The molecule has 4 aliphatic rings. The van der Waals surface area contributed by atoms with Gasteiger partial charge in [-0.1, -0.05) is 23.8 Å². The summed E-state index contributed by atoms with van der Waals surface area (Å²) in [6, 6.07) is 16.0. The molecule has 5 aromatic rings. The number of aryl methyl sites for hydroxylation is 1. The van der Waals surface area contributed by atoms with Gasteiger partial charge in [0.25, 0.3) is 0 Å². The lowest BCUT2D eigenvalue weighted by Gasteiger charge is -2.36. The van der Waals surface area contributed by atoms with Crippen LogP contribution in [0.4, 0.5) is 13.2 Å². The lowest BCUT2D eigenvalue weighted by molar-refractivity contribution is -0.137. The summed E-state index contributed by atoms with van der Waals surface area (Å²) in [4.78, 5) is 55.0. The van der Waals surface area contributed by atoms with Gasteiger partial charge in [0.05, 0.1) is 5.56 Å². The maximum Gasteiger partial charge on any atom is 0.416 e. The largest absolute Gasteiger partial charge is 0.482 e. The molecule has 0 N–H and O–H groups in total. The molecule has 6 nitrogen and oxygen atoms in total. The number of fused-ring (bicyclic) bond motifs is 8. The molecule has 2 aromatic heterocycles. The Hall–Kier alpha value is -5.39. The predicted octanol–water partition coefficient (Wildman–Crippen LogP) is 10.3. The van der Waals surface area contributed by atoms with Crippen molar-refractivity contribution in [2.45, 2.75) is 52.0 Å². The Kier molecular flexibility index (Phi) is 6.84. The van der Waals surface area contributed by atoms with E-state index in [1.165, 1.54) is 28.7 Å². The van der Waals surface area contributed by atoms with Gasteiger partial charge in [0.15, 0.2) is 0 Å². The number of hydrogen-bond acceptors (Lipinski definition) is 8. The fraction of sp³-hybridized carbons (Fsp3) is 0.190. The summed E-state index contributed by atoms with van der Waals surface area (Å²) in [6.07, 6.45) is -1.31. The molecular formula is C42H27F3O6S2. The summed E-state index contributed by atoms with van der Waals surface area (Å²) in [6.45, 7) is 9.67. The van der Waals surface area contributed by atoms with Gasteiger partial charge in [-0.2, -0.15) is 13.2 Å². The van der Waals surface area contributed by atoms with Crippen LogP contribution in [0.2, 0.25) is 0 Å². The van der Waals surface area contributed by atoms with Crippen LogP contribution in [0, 0.1) is 6.92 Å². The molecule has 0 amide bonds. The minimum atomic E-state index is -4.65. The van der Waals surface area contributed by atoms with E-state index in [4.69, 9.17) is 9.47 Å². The van der Waals surface area contributed by atoms with E-state index in [1.54, 1.807) is 18.2 Å². The van der Waals surface area contributed by atoms with Crippen molar-refractivity contribution in [3.63, 3.8) is 0 Å². The molecule has 11 heteroatoms. The van der Waals surface area contributed by atoms with Crippen LogP contribution in [0.3, 0.4) is 0 Å². The zero-order valence-electron chi connectivity index (χ0n) is 28.8. The Morgan fingerprint density at radius 1 is 0.566 bits per heavy atom. The lowest BCUT2D eigenvalue weighted by atomic mass is 9.88. The first-order chi connectivity index (χ1) is 24.9. The van der Waals surface area contributed by atoms with E-state index in [2.05, 4.69) is 0 Å². The minimum absolute atomic E-state index is 0.0464. The molecule has 2 aliphatic heterocycles. The summed E-state index contributed by atoms with van der Waals surface area (Å²) in [5.41, 5.74) is 3.12. The van der Waals surface area contributed by atoms with Crippen molar-refractivity contribution >= 4 is 69.1 Å². The number of allylic oxidation sites excluding steroid dienone is 2. The van der Waals surface area contributed by atoms with Crippen molar-refractivity contribution in [3.8, 4) is 32.4 Å². The Morgan fingerprint density at radius 3 is 1.49 bits per heavy atom. The number of carbonyl (C=O) groups excluding carboxylic acids is 4. The zero-order chi connectivity index (χ0) is 37.5. The van der Waals surface area contributed by atoms with Crippen molar-refractivity contribution in [2.24, 2.45) is 0 Å². The molecule has 0 radical (unpaired) electrons. The molecule has 0 saturated heterocycles. The first-order valence-corrected chi connectivity index (χ1v) is 18.3. The summed E-state index contributed by atoms with van der Waals surface area (Å²) in [5, 5.41) is 0. The Bertz CT molecular complexity index is 2650. The highest BCUT2D eigenvalue weighted by molar-refractivity contribution is 7.17. The maximum atomic E-state index is 13.4. The van der Waals surface area contributed by atoms with E-state index in [1.807, 2.05) is 71.0 Å². The van der Waals surface area contributed by atoms with E-state index in [-0.39, 0.29) is 16.7 Å². The van der Waals surface area contributed by atoms with Gasteiger partial charge in [-0.05, 0) is 100 Å². The topological polar surface area (TPSA) is 86.7 Å². The van der Waals surface area contributed by atoms with E-state index in [9.17, 15) is 32.3 Å². The average molecular weight is 749 g/mol. The number of benzene rings is 3. The van der Waals surface area contributed by atoms with Gasteiger partial charge in [-0.25, -0.2) is 0 Å². The second kappa shape index (κ2) is 10.8. The van der Waals surface area contributed by atoms with E-state index in [0.29, 0.717) is 33.1 Å². The number of carbonyl (C=O) groups is 4. The van der Waals surface area contributed by atoms with Crippen LogP contribution < -0.4 is 9.47 Å². The highest BCUT2D eigenvalue weighted by Crippen LogP contribution is 2.57. The molecule has 4 heterocycles. The number of ketones is 4. The van der Waals surface area contributed by atoms with Crippen LogP contribution in [-0.2, 0) is 27.0 Å². The van der Waals surface area contributed by atoms with E-state index in [0.717, 1.165) is 54.6 Å². The van der Waals surface area contributed by atoms with Crippen molar-refractivity contribution < 1.29 is 41.8 Å². The molecule has 0 atom stereocenters. The van der Waals surface area contributed by atoms with Gasteiger partial charge < -0.3 is 9.47 Å². The smallest absolute Gasteiger partial charge is 0.416 e. The molecule has 0 spiro atoms. The van der Waals surface area contributed by atoms with Gasteiger partial charge in [0, 0.05) is 64.0 Å². The number of rotatable bonds is 2. The third kappa shape index (κ3) is 4.97. The summed E-state index contributed by atoms with van der Waals surface area (Å²) < 4.78 is 53.3. The van der Waals surface area contributed by atoms with Crippen molar-refractivity contribution in [2.75, 3.05) is 0 Å². The van der Waals surface area contributed by atoms with Gasteiger partial charge in [0.1, 0.15) is 22.7 Å². The van der Waals surface area contributed by atoms with Crippen molar-refractivity contribution in [1.29, 1.82) is 0 Å². The minimum Gasteiger partial charge on any atom is -0.482 e. The molecule has 3 aromatic carbocycles. The fourth-order valence-corrected chi connectivity index (χ4v) is 10.1. The zero-order valence-corrected chi connectivity index (χ0v) is 30.5. The Balaban J connectivity index is 1.12. The van der Waals surface area contributed by atoms with Crippen LogP contribution >= 0.6 is 22.7 Å². The number of thiophene rings is 2. The third-order valence-electron chi connectivity index (χ3n) is 10.2. The average Bonchev–Trinajstić information content (AvgIpc) is 3.83. The van der Waals surface area contributed by atoms with Gasteiger partial charge in [0.2, 0.25) is 23.1 Å². The lowest BCUT2D eigenvalue weighted by Crippen LogP contribution is -2.30. The number of Topliss-reactive ketones (excluding diaryl/α,β-unsaturated/α-hetero) is 4. The van der Waals surface area contributed by atoms with Crippen LogP contribution in [0.5, 0.6) is 11.5 Å². The first-order valence-electron chi connectivity index (χ1n) is 16.7. The first kappa shape index (κ1) is 33.4. The second-order valence-electron chi connectivity index (χ2n) is 14.6. The van der Waals surface area contributed by atoms with Gasteiger partial charge in [-0.3, -0.25) is 19.2 Å².